The maximum Gasteiger partial charge on any atom is 0.326 e. The number of nitrogens with two attached hydrogens (primary N) is 1. The fraction of sp³-hybridized carbons (Fsp3) is 0.211. The largest absolute Gasteiger partial charge is 0.480 e. The summed E-state index contributed by atoms with van der Waals surface area (Å²) in [6.45, 7) is 0.616. The molecule has 2 heterocycles. The number of nitriles is 1. The molecule has 3 aromatic carbocycles. The van der Waals surface area contributed by atoms with Gasteiger partial charge in [0.15, 0.2) is 0 Å². The zero-order valence-corrected chi connectivity index (χ0v) is 30.5. The topological polar surface area (TPSA) is 198 Å². The number of carboxylic acids is 1. The zero-order chi connectivity index (χ0) is 37.9. The first-order valence-corrected chi connectivity index (χ1v) is 18.6. The number of rotatable bonds is 13. The second-order valence-corrected chi connectivity index (χ2v) is 15.0. The Hall–Kier alpha value is -5.07. The van der Waals surface area contributed by atoms with E-state index < -0.39 is 34.2 Å². The van der Waals surface area contributed by atoms with Crippen LogP contribution in [0.5, 0.6) is 11.8 Å². The molecule has 5 aromatic rings. The van der Waals surface area contributed by atoms with Gasteiger partial charge in [0.1, 0.15) is 29.3 Å². The molecule has 15 heteroatoms. The van der Waals surface area contributed by atoms with Crippen LogP contribution in [0, 0.1) is 11.3 Å². The lowest BCUT2D eigenvalue weighted by molar-refractivity contribution is -0.145. The van der Waals surface area contributed by atoms with Crippen molar-refractivity contribution in [3.05, 3.63) is 123 Å². The summed E-state index contributed by atoms with van der Waals surface area (Å²) in [6, 6.07) is 23.0. The number of carboxylic acid groups (broad SMARTS) is 1. The molecule has 0 saturated heterocycles. The van der Waals surface area contributed by atoms with Gasteiger partial charge < -0.3 is 19.7 Å². The molecule has 0 unspecified atom stereocenters. The van der Waals surface area contributed by atoms with Gasteiger partial charge in [0.05, 0.1) is 22.1 Å². The maximum absolute atomic E-state index is 11.8. The molecule has 0 aliphatic heterocycles. The molecule has 0 fully saturated rings. The van der Waals surface area contributed by atoms with Crippen molar-refractivity contribution >= 4 is 39.2 Å². The van der Waals surface area contributed by atoms with E-state index in [4.69, 9.17) is 37.8 Å². The molecule has 0 saturated carbocycles. The lowest BCUT2D eigenvalue weighted by Gasteiger charge is -2.24. The van der Waals surface area contributed by atoms with E-state index in [1.807, 2.05) is 42.5 Å². The highest BCUT2D eigenvalue weighted by Gasteiger charge is 2.33. The number of ether oxygens (including phenoxy) is 2. The van der Waals surface area contributed by atoms with Gasteiger partial charge >= 0.3 is 5.97 Å². The van der Waals surface area contributed by atoms with Crippen molar-refractivity contribution in [2.75, 3.05) is 6.61 Å². The predicted octanol–water partition coefficient (Wildman–Crippen LogP) is 6.21. The predicted molar refractivity (Wildman–Crippen MR) is 198 cm³/mol. The van der Waals surface area contributed by atoms with Crippen LogP contribution < -0.4 is 19.9 Å². The van der Waals surface area contributed by atoms with Crippen molar-refractivity contribution in [2.45, 2.75) is 49.5 Å². The molecular weight excluding hydrogens is 741 g/mol. The summed E-state index contributed by atoms with van der Waals surface area (Å²) in [5.74, 6) is -1.03. The first kappa shape index (κ1) is 37.7. The number of carbonyl (C=O) groups is 1. The Balaban J connectivity index is 1.30. The monoisotopic (exact) mass is 773 g/mol. The zero-order valence-electron chi connectivity index (χ0n) is 28.2. The Morgan fingerprint density at radius 2 is 1.77 bits per heavy atom. The number of aliphatic hydroxyl groups excluding tert-OH is 1. The van der Waals surface area contributed by atoms with Crippen molar-refractivity contribution < 1.29 is 32.9 Å². The van der Waals surface area contributed by atoms with E-state index in [0.717, 1.165) is 33.4 Å². The average molecular weight is 775 g/mol. The summed E-state index contributed by atoms with van der Waals surface area (Å²) < 4.78 is 36.1. The highest BCUT2D eigenvalue weighted by Crippen LogP contribution is 2.44. The molecule has 0 spiro atoms. The number of pyridine rings is 2. The minimum atomic E-state index is -3.84. The van der Waals surface area contributed by atoms with Crippen LogP contribution in [0.15, 0.2) is 90.1 Å². The van der Waals surface area contributed by atoms with Crippen LogP contribution in [0.25, 0.3) is 22.3 Å². The van der Waals surface area contributed by atoms with Gasteiger partial charge in [0.2, 0.25) is 21.8 Å². The number of fused-ring (bicyclic) bond motifs is 1. The second-order valence-electron chi connectivity index (χ2n) is 12.6. The van der Waals surface area contributed by atoms with E-state index in [1.54, 1.807) is 30.5 Å². The quantitative estimate of drug-likeness (QED) is 0.106. The number of hydrogen-bond donors (Lipinski definition) is 4. The van der Waals surface area contributed by atoms with Crippen LogP contribution in [0.1, 0.15) is 47.3 Å². The van der Waals surface area contributed by atoms with Gasteiger partial charge in [0, 0.05) is 41.2 Å². The number of aromatic nitrogens is 2. The summed E-state index contributed by atoms with van der Waals surface area (Å²) in [5.41, 5.74) is 4.87. The van der Waals surface area contributed by atoms with Gasteiger partial charge in [-0.2, -0.15) is 10.2 Å². The number of benzene rings is 3. The number of sulfonamides is 1. The van der Waals surface area contributed by atoms with Crippen molar-refractivity contribution in [1.29, 1.82) is 5.26 Å². The van der Waals surface area contributed by atoms with E-state index in [2.05, 4.69) is 15.3 Å². The fourth-order valence-corrected chi connectivity index (χ4v) is 7.08. The van der Waals surface area contributed by atoms with E-state index >= 15 is 0 Å². The third kappa shape index (κ3) is 8.13. The van der Waals surface area contributed by atoms with E-state index in [9.17, 15) is 28.7 Å². The van der Waals surface area contributed by atoms with Crippen LogP contribution in [-0.4, -0.2) is 46.7 Å². The fourth-order valence-electron chi connectivity index (χ4n) is 6.01. The first-order chi connectivity index (χ1) is 25.3. The molecule has 1 aliphatic rings. The van der Waals surface area contributed by atoms with Crippen LogP contribution >= 0.6 is 23.2 Å². The molecule has 272 valence electrons. The molecule has 12 nitrogen and oxygen atoms in total. The average Bonchev–Trinajstić information content (AvgIpc) is 3.56. The van der Waals surface area contributed by atoms with Crippen molar-refractivity contribution in [3.8, 4) is 40.1 Å². The summed E-state index contributed by atoms with van der Waals surface area (Å²) in [6.07, 6.45) is 3.83. The normalized spacial score (nSPS) is 14.9. The second kappa shape index (κ2) is 15.5. The summed E-state index contributed by atoms with van der Waals surface area (Å²) in [4.78, 5) is 20.5. The number of halogens is 2. The highest BCUT2D eigenvalue weighted by molar-refractivity contribution is 7.89. The van der Waals surface area contributed by atoms with Gasteiger partial charge in [-0.25, -0.2) is 13.6 Å². The molecule has 1 aliphatic carbocycles. The highest BCUT2D eigenvalue weighted by atomic mass is 35.5. The van der Waals surface area contributed by atoms with Crippen molar-refractivity contribution in [1.82, 2.24) is 15.3 Å². The number of hydrogen-bond acceptors (Lipinski definition) is 10. The van der Waals surface area contributed by atoms with Gasteiger partial charge in [-0.15, -0.1) is 0 Å². The molecule has 2 atom stereocenters. The number of primary sulfonamides is 1. The third-order valence-corrected chi connectivity index (χ3v) is 10.6. The lowest BCUT2D eigenvalue weighted by Crippen LogP contribution is -2.52. The standard InChI is InChI=1S/C38H33Cl2N5O7S/c1-38(21-46,37(47)48)44-19-25-15-32(39)36(45-35(25)51-20-23-14-22(16-41)17-43-18-23)52-33-13-12-29-28(5-3-6-30(29)33)31-7-2-4-27(34(31)40)24-8-10-26(11-9-24)53(42,49)50/h2-11,14-15,17-18,33,44,46H,12-13,19-21H2,1H3,(H,47,48)(H2,42,49,50)/t33-,38-/m0/s1. The summed E-state index contributed by atoms with van der Waals surface area (Å²) >= 11 is 13.7. The number of nitrogens with one attached hydrogen (secondary N) is 1. The number of aliphatic carboxylic acids is 1. The minimum absolute atomic E-state index is 0.00517. The SMILES string of the molecule is C[C@@](CO)(NCc1cc(Cl)c(O[C@H]2CCc3c(-c4cccc(-c5ccc(S(N)(=O)=O)cc5)c4Cl)cccc32)nc1OCc1cncc(C#N)c1)C(=O)O. The molecule has 6 rings (SSSR count). The van der Waals surface area contributed by atoms with Gasteiger partial charge in [-0.05, 0) is 66.3 Å². The minimum Gasteiger partial charge on any atom is -0.480 e. The molecular formula is C38H33Cl2N5O7S. The smallest absolute Gasteiger partial charge is 0.326 e. The lowest BCUT2D eigenvalue weighted by atomic mass is 9.94. The van der Waals surface area contributed by atoms with Gasteiger partial charge in [-0.3, -0.25) is 15.1 Å². The van der Waals surface area contributed by atoms with Gasteiger partial charge in [0.25, 0.3) is 0 Å². The number of nitrogens with zero attached hydrogens (tertiary/aromatic N) is 3. The maximum atomic E-state index is 11.8. The Labute approximate surface area is 315 Å². The van der Waals surface area contributed by atoms with E-state index in [-0.39, 0.29) is 34.8 Å². The Bertz CT molecular complexity index is 2350. The molecule has 0 amide bonds. The third-order valence-electron chi connectivity index (χ3n) is 8.99. The van der Waals surface area contributed by atoms with Crippen LogP contribution in [-0.2, 0) is 34.4 Å². The molecule has 2 aromatic heterocycles. The summed E-state index contributed by atoms with van der Waals surface area (Å²) in [7, 11) is -3.84. The molecule has 0 radical (unpaired) electrons. The van der Waals surface area contributed by atoms with Crippen LogP contribution in [0.2, 0.25) is 10.0 Å². The summed E-state index contributed by atoms with van der Waals surface area (Å²) in [5, 5.41) is 37.5. The van der Waals surface area contributed by atoms with E-state index in [0.29, 0.717) is 34.6 Å². The van der Waals surface area contributed by atoms with Gasteiger partial charge in [-0.1, -0.05) is 71.7 Å². The number of aliphatic hydroxyl groups is 1. The Morgan fingerprint density at radius 3 is 2.47 bits per heavy atom. The Kier molecular flexibility index (Phi) is 11.0. The van der Waals surface area contributed by atoms with Crippen molar-refractivity contribution in [2.24, 2.45) is 5.14 Å². The first-order valence-electron chi connectivity index (χ1n) is 16.3. The van der Waals surface area contributed by atoms with E-state index in [1.165, 1.54) is 25.3 Å². The van der Waals surface area contributed by atoms with Crippen molar-refractivity contribution in [3.63, 3.8) is 0 Å². The molecule has 5 N–H and O–H groups in total. The Morgan fingerprint density at radius 1 is 1.06 bits per heavy atom. The van der Waals surface area contributed by atoms with Crippen LogP contribution in [0.4, 0.5) is 0 Å². The van der Waals surface area contributed by atoms with Crippen LogP contribution in [0.3, 0.4) is 0 Å². The molecule has 53 heavy (non-hydrogen) atoms. The molecule has 0 bridgehead atoms.